The second-order valence-corrected chi connectivity index (χ2v) is 8.83. The van der Waals surface area contributed by atoms with Crippen molar-refractivity contribution in [2.24, 2.45) is 5.92 Å². The Morgan fingerprint density at radius 3 is 2.65 bits per heavy atom. The van der Waals surface area contributed by atoms with Crippen molar-refractivity contribution in [2.75, 3.05) is 13.1 Å². The van der Waals surface area contributed by atoms with Crippen LogP contribution in [0.5, 0.6) is 0 Å². The first kappa shape index (κ1) is 17.3. The minimum absolute atomic E-state index is 0.00821. The van der Waals surface area contributed by atoms with E-state index in [1.165, 1.54) is 17.7 Å². The van der Waals surface area contributed by atoms with E-state index in [1.807, 2.05) is 17.2 Å². The van der Waals surface area contributed by atoms with Gasteiger partial charge in [0, 0.05) is 47.5 Å². The summed E-state index contributed by atoms with van der Waals surface area (Å²) in [6.45, 7) is 1.52. The molecule has 2 aromatic rings. The molecule has 4 rings (SSSR count). The van der Waals surface area contributed by atoms with Crippen LogP contribution in [0.1, 0.15) is 30.7 Å². The second kappa shape index (κ2) is 7.27. The van der Waals surface area contributed by atoms with Gasteiger partial charge in [-0.25, -0.2) is 4.39 Å². The molecule has 1 aromatic heterocycles. The highest BCUT2D eigenvalue weighted by Gasteiger charge is 2.41. The molecular weight excluding hydrogens is 351 g/mol. The van der Waals surface area contributed by atoms with Crippen molar-refractivity contribution >= 4 is 16.7 Å². The van der Waals surface area contributed by atoms with Gasteiger partial charge in [0.2, 0.25) is 5.91 Å². The summed E-state index contributed by atoms with van der Waals surface area (Å²) in [6, 6.07) is 9.80. The molecule has 2 unspecified atom stereocenters. The number of likely N-dealkylation sites (tertiary alicyclic amines) is 1. The molecule has 26 heavy (non-hydrogen) atoms. The molecule has 2 heterocycles. The first-order valence-electron chi connectivity index (χ1n) is 8.96. The molecule has 1 saturated heterocycles. The summed E-state index contributed by atoms with van der Waals surface area (Å²) >= 11 is 0. The van der Waals surface area contributed by atoms with Crippen LogP contribution in [0.25, 0.3) is 0 Å². The largest absolute Gasteiger partial charge is 0.342 e. The number of amides is 1. The van der Waals surface area contributed by atoms with Crippen molar-refractivity contribution in [3.05, 3.63) is 60.2 Å². The van der Waals surface area contributed by atoms with Gasteiger partial charge in [-0.2, -0.15) is 0 Å². The zero-order valence-electron chi connectivity index (χ0n) is 14.4. The molecule has 0 spiro atoms. The third kappa shape index (κ3) is 3.43. The number of aromatic nitrogens is 1. The number of hydrogen-bond donors (Lipinski definition) is 0. The van der Waals surface area contributed by atoms with E-state index in [1.54, 1.807) is 18.3 Å². The molecule has 4 nitrogen and oxygen atoms in total. The monoisotopic (exact) mass is 372 g/mol. The molecule has 1 aromatic carbocycles. The highest BCUT2D eigenvalue weighted by molar-refractivity contribution is 7.85. The van der Waals surface area contributed by atoms with Gasteiger partial charge in [0.1, 0.15) is 5.82 Å². The van der Waals surface area contributed by atoms with Crippen molar-refractivity contribution in [1.29, 1.82) is 0 Å². The minimum Gasteiger partial charge on any atom is -0.342 e. The second-order valence-electron chi connectivity index (χ2n) is 7.10. The van der Waals surface area contributed by atoms with E-state index in [-0.39, 0.29) is 22.9 Å². The van der Waals surface area contributed by atoms with Crippen molar-refractivity contribution in [2.45, 2.75) is 35.3 Å². The highest BCUT2D eigenvalue weighted by Crippen LogP contribution is 2.37. The van der Waals surface area contributed by atoms with E-state index < -0.39 is 10.8 Å². The van der Waals surface area contributed by atoms with Crippen LogP contribution in [-0.2, 0) is 15.6 Å². The number of benzene rings is 1. The van der Waals surface area contributed by atoms with Gasteiger partial charge in [0.25, 0.3) is 0 Å². The Bertz CT molecular complexity index is 806. The maximum absolute atomic E-state index is 13.0. The molecule has 2 aliphatic rings. The number of halogens is 1. The average molecular weight is 372 g/mol. The predicted octanol–water partition coefficient (Wildman–Crippen LogP) is 3.12. The molecule has 1 saturated carbocycles. The maximum Gasteiger partial charge on any atom is 0.225 e. The lowest BCUT2D eigenvalue weighted by Gasteiger charge is -2.36. The number of pyridine rings is 1. The SMILES string of the molecule is O=C(C1CC(S(=O)c2ccc(F)cc2)C1)N1CCC(c2cccnc2)C1. The molecule has 0 bridgehead atoms. The third-order valence-electron chi connectivity index (χ3n) is 5.45. The summed E-state index contributed by atoms with van der Waals surface area (Å²) in [5, 5.41) is -0.00821. The number of rotatable bonds is 4. The molecule has 1 amide bonds. The summed E-state index contributed by atoms with van der Waals surface area (Å²) in [4.78, 5) is 19.5. The van der Waals surface area contributed by atoms with Gasteiger partial charge in [-0.15, -0.1) is 0 Å². The van der Waals surface area contributed by atoms with E-state index in [4.69, 9.17) is 0 Å². The Morgan fingerprint density at radius 1 is 1.19 bits per heavy atom. The minimum atomic E-state index is -1.17. The lowest BCUT2D eigenvalue weighted by atomic mass is 9.83. The van der Waals surface area contributed by atoms with E-state index in [9.17, 15) is 13.4 Å². The summed E-state index contributed by atoms with van der Waals surface area (Å²) < 4.78 is 25.5. The lowest BCUT2D eigenvalue weighted by molar-refractivity contribution is -0.136. The van der Waals surface area contributed by atoms with E-state index in [2.05, 4.69) is 11.1 Å². The van der Waals surface area contributed by atoms with Crippen LogP contribution in [0.2, 0.25) is 0 Å². The third-order valence-corrected chi connectivity index (χ3v) is 7.18. The van der Waals surface area contributed by atoms with Crippen LogP contribution in [0.3, 0.4) is 0 Å². The van der Waals surface area contributed by atoms with Crippen LogP contribution >= 0.6 is 0 Å². The Balaban J connectivity index is 1.31. The summed E-state index contributed by atoms with van der Waals surface area (Å²) in [6.07, 6.45) is 5.91. The van der Waals surface area contributed by atoms with Gasteiger partial charge >= 0.3 is 0 Å². The maximum atomic E-state index is 13.0. The molecule has 1 aliphatic heterocycles. The average Bonchev–Trinajstić information content (AvgIpc) is 3.12. The molecule has 136 valence electrons. The molecule has 1 aliphatic carbocycles. The molecule has 0 radical (unpaired) electrons. The fourth-order valence-electron chi connectivity index (χ4n) is 3.81. The zero-order chi connectivity index (χ0) is 18.1. The van der Waals surface area contributed by atoms with Crippen LogP contribution < -0.4 is 0 Å². The molecule has 2 atom stereocenters. The van der Waals surface area contributed by atoms with E-state index in [0.29, 0.717) is 23.7 Å². The molecular formula is C20H21FN2O2S. The number of nitrogens with zero attached hydrogens (tertiary/aromatic N) is 2. The predicted molar refractivity (Wildman–Crippen MR) is 97.5 cm³/mol. The first-order valence-corrected chi connectivity index (χ1v) is 10.2. The first-order chi connectivity index (χ1) is 12.6. The van der Waals surface area contributed by atoms with Crippen LogP contribution in [0.15, 0.2) is 53.7 Å². The van der Waals surface area contributed by atoms with Crippen LogP contribution in [0.4, 0.5) is 4.39 Å². The van der Waals surface area contributed by atoms with Gasteiger partial charge in [-0.1, -0.05) is 6.07 Å². The lowest BCUT2D eigenvalue weighted by Crippen LogP contribution is -2.44. The van der Waals surface area contributed by atoms with Crippen LogP contribution in [0, 0.1) is 11.7 Å². The van der Waals surface area contributed by atoms with Gasteiger partial charge < -0.3 is 4.90 Å². The van der Waals surface area contributed by atoms with Gasteiger partial charge in [0.05, 0.1) is 10.8 Å². The topological polar surface area (TPSA) is 50.3 Å². The number of carbonyl (C=O) groups excluding carboxylic acids is 1. The summed E-state index contributed by atoms with van der Waals surface area (Å²) in [5.41, 5.74) is 1.19. The van der Waals surface area contributed by atoms with Crippen LogP contribution in [-0.4, -0.2) is 38.3 Å². The Kier molecular flexibility index (Phi) is 4.85. The van der Waals surface area contributed by atoms with Gasteiger partial charge in [-0.3, -0.25) is 14.0 Å². The van der Waals surface area contributed by atoms with Crippen molar-refractivity contribution in [1.82, 2.24) is 9.88 Å². The zero-order valence-corrected chi connectivity index (χ0v) is 15.2. The van der Waals surface area contributed by atoms with Crippen molar-refractivity contribution < 1.29 is 13.4 Å². The van der Waals surface area contributed by atoms with Crippen molar-refractivity contribution in [3.63, 3.8) is 0 Å². The number of carbonyl (C=O) groups is 1. The Hall–Kier alpha value is -2.08. The molecule has 2 fully saturated rings. The molecule has 0 N–H and O–H groups in total. The normalized spacial score (nSPS) is 26.3. The fourth-order valence-corrected chi connectivity index (χ4v) is 5.41. The number of hydrogen-bond acceptors (Lipinski definition) is 3. The smallest absolute Gasteiger partial charge is 0.225 e. The Labute approximate surface area is 154 Å². The Morgan fingerprint density at radius 2 is 1.96 bits per heavy atom. The molecule has 6 heteroatoms. The standard InChI is InChI=1S/C20H21FN2O2S/c21-17-3-5-18(6-4-17)26(25)19-10-16(11-19)20(24)23-9-7-15(13-23)14-2-1-8-22-12-14/h1-6,8,12,15-16,19H,7,9-11,13H2. The fraction of sp³-hybridized carbons (Fsp3) is 0.400. The highest BCUT2D eigenvalue weighted by atomic mass is 32.2. The van der Waals surface area contributed by atoms with E-state index in [0.717, 1.165) is 19.5 Å². The quantitative estimate of drug-likeness (QED) is 0.829. The van der Waals surface area contributed by atoms with Gasteiger partial charge in [-0.05, 0) is 55.2 Å². The van der Waals surface area contributed by atoms with Crippen molar-refractivity contribution in [3.8, 4) is 0 Å². The summed E-state index contributed by atoms with van der Waals surface area (Å²) in [7, 11) is -1.17. The summed E-state index contributed by atoms with van der Waals surface area (Å²) in [5.74, 6) is 0.183. The van der Waals surface area contributed by atoms with Gasteiger partial charge in [0.15, 0.2) is 0 Å². The van der Waals surface area contributed by atoms with E-state index >= 15 is 0 Å².